The van der Waals surface area contributed by atoms with E-state index in [0.29, 0.717) is 19.1 Å². The van der Waals surface area contributed by atoms with Crippen LogP contribution in [0.25, 0.3) is 10.9 Å². The van der Waals surface area contributed by atoms with Gasteiger partial charge in [0.05, 0.1) is 19.3 Å². The van der Waals surface area contributed by atoms with Gasteiger partial charge in [-0.25, -0.2) is 0 Å². The number of aromatic amines is 1. The number of rotatable bonds is 10. The Morgan fingerprint density at radius 1 is 1.37 bits per heavy atom. The Hall–Kier alpha value is -2.05. The highest BCUT2D eigenvalue weighted by atomic mass is 16.5. The number of aliphatic imine (C=N–C) groups is 1. The fraction of sp³-hybridized carbons (Fsp3) is 0.571. The molecular formula is C21H32N4O2. The number of fused-ring (bicyclic) bond motifs is 1. The second-order valence-electron chi connectivity index (χ2n) is 7.39. The minimum absolute atomic E-state index is 0.340. The molecule has 1 aromatic heterocycles. The van der Waals surface area contributed by atoms with Gasteiger partial charge in [-0.15, -0.1) is 0 Å². The number of H-pyrrole nitrogens is 1. The van der Waals surface area contributed by atoms with E-state index in [4.69, 9.17) is 4.74 Å². The number of aromatic nitrogens is 1. The fourth-order valence-electron chi connectivity index (χ4n) is 3.07. The zero-order valence-electron chi connectivity index (χ0n) is 16.4. The normalized spacial score (nSPS) is 15.9. The number of ether oxygens (including phenoxy) is 1. The van der Waals surface area contributed by atoms with Gasteiger partial charge in [0, 0.05) is 36.8 Å². The SMILES string of the molecule is CCNC(=NCC(O)COCC1CC1)NCCc1c[nH]c2cc(C)ccc12. The number of aryl methyl sites for hydroxylation is 1. The molecule has 0 aliphatic heterocycles. The Bertz CT molecular complexity index is 752. The first-order valence-electron chi connectivity index (χ1n) is 10.00. The number of aliphatic hydroxyl groups excluding tert-OH is 1. The topological polar surface area (TPSA) is 81.7 Å². The molecule has 0 bridgehead atoms. The maximum absolute atomic E-state index is 10.0. The number of hydrogen-bond acceptors (Lipinski definition) is 3. The van der Waals surface area contributed by atoms with Gasteiger partial charge in [-0.3, -0.25) is 4.99 Å². The zero-order valence-corrected chi connectivity index (χ0v) is 16.4. The molecule has 148 valence electrons. The van der Waals surface area contributed by atoms with Crippen LogP contribution in [0.3, 0.4) is 0 Å². The van der Waals surface area contributed by atoms with Crippen LogP contribution in [0.4, 0.5) is 0 Å². The third kappa shape index (κ3) is 6.26. The molecule has 6 nitrogen and oxygen atoms in total. The lowest BCUT2D eigenvalue weighted by molar-refractivity contribution is 0.0368. The number of hydrogen-bond donors (Lipinski definition) is 4. The molecule has 0 radical (unpaired) electrons. The molecule has 4 N–H and O–H groups in total. The van der Waals surface area contributed by atoms with Crippen LogP contribution in [0.15, 0.2) is 29.4 Å². The molecule has 1 fully saturated rings. The Morgan fingerprint density at radius 3 is 3.00 bits per heavy atom. The lowest BCUT2D eigenvalue weighted by Gasteiger charge is -2.13. The van der Waals surface area contributed by atoms with Crippen LogP contribution in [-0.4, -0.2) is 55.0 Å². The van der Waals surface area contributed by atoms with Crippen LogP contribution in [0.1, 0.15) is 30.9 Å². The van der Waals surface area contributed by atoms with Gasteiger partial charge in [0.2, 0.25) is 0 Å². The van der Waals surface area contributed by atoms with E-state index < -0.39 is 6.10 Å². The van der Waals surface area contributed by atoms with Gasteiger partial charge < -0.3 is 25.5 Å². The summed E-state index contributed by atoms with van der Waals surface area (Å²) in [6.45, 7) is 7.16. The molecule has 1 atom stereocenters. The van der Waals surface area contributed by atoms with Crippen molar-refractivity contribution in [3.63, 3.8) is 0 Å². The van der Waals surface area contributed by atoms with E-state index in [0.717, 1.165) is 32.1 Å². The van der Waals surface area contributed by atoms with Crippen molar-refractivity contribution < 1.29 is 9.84 Å². The van der Waals surface area contributed by atoms with Gasteiger partial charge in [-0.05, 0) is 56.2 Å². The summed E-state index contributed by atoms with van der Waals surface area (Å²) in [5.74, 6) is 1.45. The van der Waals surface area contributed by atoms with Crippen molar-refractivity contribution in [3.8, 4) is 0 Å². The molecule has 1 aliphatic rings. The molecule has 0 amide bonds. The molecule has 1 aromatic carbocycles. The minimum atomic E-state index is -0.559. The fourth-order valence-corrected chi connectivity index (χ4v) is 3.07. The van der Waals surface area contributed by atoms with Gasteiger partial charge >= 0.3 is 0 Å². The van der Waals surface area contributed by atoms with Gasteiger partial charge in [-0.2, -0.15) is 0 Å². The van der Waals surface area contributed by atoms with E-state index in [1.54, 1.807) is 0 Å². The summed E-state index contributed by atoms with van der Waals surface area (Å²) in [5, 5.41) is 17.9. The first kappa shape index (κ1) is 19.7. The molecule has 27 heavy (non-hydrogen) atoms. The predicted octanol–water partition coefficient (Wildman–Crippen LogP) is 2.36. The maximum Gasteiger partial charge on any atom is 0.191 e. The Morgan fingerprint density at radius 2 is 2.22 bits per heavy atom. The van der Waals surface area contributed by atoms with Gasteiger partial charge in [0.1, 0.15) is 0 Å². The van der Waals surface area contributed by atoms with Crippen molar-refractivity contribution in [1.82, 2.24) is 15.6 Å². The molecule has 0 saturated heterocycles. The van der Waals surface area contributed by atoms with Crippen molar-refractivity contribution in [2.45, 2.75) is 39.2 Å². The van der Waals surface area contributed by atoms with Gasteiger partial charge in [0.25, 0.3) is 0 Å². The molecule has 1 unspecified atom stereocenters. The molecule has 1 heterocycles. The highest BCUT2D eigenvalue weighted by Crippen LogP contribution is 2.28. The van der Waals surface area contributed by atoms with Crippen LogP contribution in [0.2, 0.25) is 0 Å². The molecule has 1 aliphatic carbocycles. The molecular weight excluding hydrogens is 340 g/mol. The summed E-state index contributed by atoms with van der Waals surface area (Å²) in [5.41, 5.74) is 3.73. The lowest BCUT2D eigenvalue weighted by atomic mass is 10.1. The average Bonchev–Trinajstić information content (AvgIpc) is 3.39. The van der Waals surface area contributed by atoms with E-state index in [1.807, 2.05) is 6.92 Å². The predicted molar refractivity (Wildman–Crippen MR) is 110 cm³/mol. The first-order valence-corrected chi connectivity index (χ1v) is 10.00. The van der Waals surface area contributed by atoms with Crippen molar-refractivity contribution in [2.24, 2.45) is 10.9 Å². The second-order valence-corrected chi connectivity index (χ2v) is 7.39. The van der Waals surface area contributed by atoms with E-state index >= 15 is 0 Å². The van der Waals surface area contributed by atoms with Crippen LogP contribution < -0.4 is 10.6 Å². The van der Waals surface area contributed by atoms with Crippen LogP contribution >= 0.6 is 0 Å². The van der Waals surface area contributed by atoms with Crippen molar-refractivity contribution in [3.05, 3.63) is 35.5 Å². The molecule has 0 spiro atoms. The number of nitrogens with zero attached hydrogens (tertiary/aromatic N) is 1. The summed E-state index contributed by atoms with van der Waals surface area (Å²) < 4.78 is 5.53. The van der Waals surface area contributed by atoms with E-state index in [-0.39, 0.29) is 0 Å². The summed E-state index contributed by atoms with van der Waals surface area (Å²) in [6, 6.07) is 6.49. The lowest BCUT2D eigenvalue weighted by Crippen LogP contribution is -2.39. The summed E-state index contributed by atoms with van der Waals surface area (Å²) in [4.78, 5) is 7.82. The summed E-state index contributed by atoms with van der Waals surface area (Å²) in [7, 11) is 0. The third-order valence-corrected chi connectivity index (χ3v) is 4.77. The van der Waals surface area contributed by atoms with Crippen LogP contribution in [0.5, 0.6) is 0 Å². The van der Waals surface area contributed by atoms with Gasteiger partial charge in [-0.1, -0.05) is 12.1 Å². The second kappa shape index (κ2) is 9.76. The first-order chi connectivity index (χ1) is 13.2. The van der Waals surface area contributed by atoms with E-state index in [9.17, 15) is 5.11 Å². The Labute approximate surface area is 161 Å². The van der Waals surface area contributed by atoms with Crippen LogP contribution in [0, 0.1) is 12.8 Å². The Balaban J connectivity index is 1.45. The molecule has 6 heteroatoms. The smallest absolute Gasteiger partial charge is 0.191 e. The molecule has 1 saturated carbocycles. The molecule has 3 rings (SSSR count). The zero-order chi connectivity index (χ0) is 19.1. The Kier molecular flexibility index (Phi) is 7.12. The standard InChI is InChI=1S/C21H32N4O2/c1-3-22-21(25-12-18(26)14-27-13-16-5-6-16)23-9-8-17-11-24-20-10-15(2)4-7-19(17)20/h4,7,10-11,16,18,24,26H,3,5-6,8-9,12-14H2,1-2H3,(H2,22,23,25). The van der Waals surface area contributed by atoms with Crippen molar-refractivity contribution in [1.29, 1.82) is 0 Å². The van der Waals surface area contributed by atoms with E-state index in [2.05, 4.69) is 51.9 Å². The molecule has 2 aromatic rings. The minimum Gasteiger partial charge on any atom is -0.389 e. The number of guanidine groups is 1. The maximum atomic E-state index is 10.0. The van der Waals surface area contributed by atoms with Crippen molar-refractivity contribution >= 4 is 16.9 Å². The number of aliphatic hydroxyl groups is 1. The van der Waals surface area contributed by atoms with Crippen molar-refractivity contribution in [2.75, 3.05) is 32.8 Å². The largest absolute Gasteiger partial charge is 0.389 e. The highest BCUT2D eigenvalue weighted by Gasteiger charge is 2.21. The number of benzene rings is 1. The van der Waals surface area contributed by atoms with Crippen LogP contribution in [-0.2, 0) is 11.2 Å². The highest BCUT2D eigenvalue weighted by molar-refractivity contribution is 5.84. The number of nitrogens with one attached hydrogen (secondary N) is 3. The quantitative estimate of drug-likeness (QED) is 0.381. The third-order valence-electron chi connectivity index (χ3n) is 4.77. The average molecular weight is 373 g/mol. The summed E-state index contributed by atoms with van der Waals surface area (Å²) >= 11 is 0. The van der Waals surface area contributed by atoms with E-state index in [1.165, 1.54) is 34.9 Å². The monoisotopic (exact) mass is 372 g/mol. The summed E-state index contributed by atoms with van der Waals surface area (Å²) in [6.07, 6.45) is 4.95. The van der Waals surface area contributed by atoms with Gasteiger partial charge in [0.15, 0.2) is 5.96 Å².